The fourth-order valence-electron chi connectivity index (χ4n) is 3.00. The van der Waals surface area contributed by atoms with Gasteiger partial charge in [-0.2, -0.15) is 0 Å². The second-order valence-corrected chi connectivity index (χ2v) is 6.77. The zero-order valence-electron chi connectivity index (χ0n) is 14.2. The van der Waals surface area contributed by atoms with Crippen molar-refractivity contribution in [1.29, 1.82) is 0 Å². The largest absolute Gasteiger partial charge is 0.299 e. The van der Waals surface area contributed by atoms with E-state index in [2.05, 4.69) is 4.90 Å². The summed E-state index contributed by atoms with van der Waals surface area (Å²) in [6.07, 6.45) is 1.80. The summed E-state index contributed by atoms with van der Waals surface area (Å²) in [5.41, 5.74) is 3.28. The third-order valence-corrected chi connectivity index (χ3v) is 5.00. The molecule has 1 saturated heterocycles. The zero-order chi connectivity index (χ0) is 17.8. The highest BCUT2D eigenvalue weighted by atomic mass is 35.5. The van der Waals surface area contributed by atoms with Crippen molar-refractivity contribution in [2.75, 3.05) is 13.1 Å². The molecule has 2 amide bonds. The summed E-state index contributed by atoms with van der Waals surface area (Å²) in [5, 5.41) is 0.586. The predicted molar refractivity (Wildman–Crippen MR) is 98.5 cm³/mol. The summed E-state index contributed by atoms with van der Waals surface area (Å²) < 4.78 is 0. The Bertz CT molecular complexity index is 787. The molecule has 2 aromatic rings. The van der Waals surface area contributed by atoms with Crippen molar-refractivity contribution in [1.82, 2.24) is 9.80 Å². The monoisotopic (exact) mass is 356 g/mol. The van der Waals surface area contributed by atoms with Crippen LogP contribution in [-0.4, -0.2) is 35.2 Å². The number of hydrogen-bond acceptors (Lipinski definition) is 3. The molecule has 2 aromatic carbocycles. The molecule has 5 heteroatoms. The number of hydrogen-bond donors (Lipinski definition) is 0. The Morgan fingerprint density at radius 1 is 1.20 bits per heavy atom. The highest BCUT2D eigenvalue weighted by Crippen LogP contribution is 2.25. The van der Waals surface area contributed by atoms with Gasteiger partial charge >= 0.3 is 0 Å². The molecule has 3 rings (SSSR count). The minimum atomic E-state index is -0.303. The lowest BCUT2D eigenvalue weighted by atomic mass is 10.0. The van der Waals surface area contributed by atoms with Crippen molar-refractivity contribution in [3.8, 4) is 0 Å². The van der Waals surface area contributed by atoms with Gasteiger partial charge in [0.05, 0.1) is 6.54 Å². The van der Waals surface area contributed by atoms with E-state index in [0.29, 0.717) is 17.0 Å². The first-order valence-electron chi connectivity index (χ1n) is 8.40. The summed E-state index contributed by atoms with van der Waals surface area (Å²) in [6, 6.07) is 13.0. The van der Waals surface area contributed by atoms with Gasteiger partial charge in [-0.05, 0) is 55.3 Å². The van der Waals surface area contributed by atoms with Gasteiger partial charge in [0.25, 0.3) is 5.91 Å². The fraction of sp³-hybridized carbons (Fsp3) is 0.300. The Morgan fingerprint density at radius 2 is 1.96 bits per heavy atom. The minimum absolute atomic E-state index is 0.180. The van der Waals surface area contributed by atoms with E-state index in [1.165, 1.54) is 11.3 Å². The van der Waals surface area contributed by atoms with Crippen LogP contribution < -0.4 is 0 Å². The number of aryl methyl sites for hydroxylation is 1. The summed E-state index contributed by atoms with van der Waals surface area (Å²) in [5.74, 6) is -0.303. The van der Waals surface area contributed by atoms with Crippen molar-refractivity contribution in [2.24, 2.45) is 0 Å². The lowest BCUT2D eigenvalue weighted by molar-refractivity contribution is -0.116. The Balaban J connectivity index is 1.85. The van der Waals surface area contributed by atoms with E-state index in [1.54, 1.807) is 18.2 Å². The highest BCUT2D eigenvalue weighted by molar-refractivity contribution is 6.31. The van der Waals surface area contributed by atoms with E-state index in [0.717, 1.165) is 36.3 Å². The van der Waals surface area contributed by atoms with E-state index in [-0.39, 0.29) is 12.5 Å². The summed E-state index contributed by atoms with van der Waals surface area (Å²) in [4.78, 5) is 27.9. The van der Waals surface area contributed by atoms with E-state index in [9.17, 15) is 9.59 Å². The maximum absolute atomic E-state index is 12.8. The highest BCUT2D eigenvalue weighted by Gasteiger charge is 2.21. The number of nitrogens with zero attached hydrogens (tertiary/aromatic N) is 2. The second-order valence-electron chi connectivity index (χ2n) is 6.36. The molecule has 1 aliphatic heterocycles. The molecule has 0 atom stereocenters. The van der Waals surface area contributed by atoms with Gasteiger partial charge in [0.15, 0.2) is 0 Å². The molecule has 0 saturated carbocycles. The number of carbonyl (C=O) groups excluding carboxylic acids is 2. The molecule has 0 unspecified atom stereocenters. The van der Waals surface area contributed by atoms with Crippen molar-refractivity contribution >= 4 is 23.9 Å². The fourth-order valence-corrected chi connectivity index (χ4v) is 3.26. The van der Waals surface area contributed by atoms with Crippen LogP contribution in [0.15, 0.2) is 42.5 Å². The van der Waals surface area contributed by atoms with Crippen LogP contribution in [0, 0.1) is 6.92 Å². The average molecular weight is 357 g/mol. The normalized spacial score (nSPS) is 14.0. The zero-order valence-corrected chi connectivity index (χ0v) is 15.0. The van der Waals surface area contributed by atoms with Crippen LogP contribution in [0.3, 0.4) is 0 Å². The second kappa shape index (κ2) is 7.81. The number of benzene rings is 2. The molecule has 0 N–H and O–H groups in total. The number of likely N-dealkylation sites (tertiary alicyclic amines) is 1. The molecule has 0 aliphatic carbocycles. The van der Waals surface area contributed by atoms with E-state index >= 15 is 0 Å². The van der Waals surface area contributed by atoms with Crippen LogP contribution in [0.25, 0.3) is 0 Å². The number of halogens is 1. The molecule has 0 aromatic heterocycles. The van der Waals surface area contributed by atoms with Gasteiger partial charge < -0.3 is 0 Å². The predicted octanol–water partition coefficient (Wildman–Crippen LogP) is 3.65. The van der Waals surface area contributed by atoms with Gasteiger partial charge in [0.1, 0.15) is 0 Å². The molecule has 0 bridgehead atoms. The van der Waals surface area contributed by atoms with Crippen LogP contribution in [0.4, 0.5) is 0 Å². The summed E-state index contributed by atoms with van der Waals surface area (Å²) >= 11 is 6.38. The van der Waals surface area contributed by atoms with Crippen molar-refractivity contribution in [2.45, 2.75) is 26.4 Å². The average Bonchev–Trinajstić information content (AvgIpc) is 2.57. The van der Waals surface area contributed by atoms with Crippen LogP contribution in [-0.2, 0) is 17.9 Å². The summed E-state index contributed by atoms with van der Waals surface area (Å²) in [7, 11) is 0. The lowest BCUT2D eigenvalue weighted by Gasteiger charge is -2.31. The van der Waals surface area contributed by atoms with Crippen LogP contribution in [0.2, 0.25) is 5.02 Å². The van der Waals surface area contributed by atoms with Crippen LogP contribution >= 0.6 is 11.6 Å². The first kappa shape index (κ1) is 17.6. The standard InChI is InChI=1S/C20H21ClN2O2/c1-15-6-2-3-8-17(15)20(25)23(14-24)13-18-16(7-4-9-19(18)21)12-22-10-5-11-22/h2-4,6-9,14H,5,10-13H2,1H3. The van der Waals surface area contributed by atoms with Gasteiger partial charge in [0, 0.05) is 17.1 Å². The van der Waals surface area contributed by atoms with E-state index < -0.39 is 0 Å². The number of rotatable bonds is 6. The molecule has 1 heterocycles. The van der Waals surface area contributed by atoms with Gasteiger partial charge in [-0.25, -0.2) is 0 Å². The number of amides is 2. The first-order chi connectivity index (χ1) is 12.1. The summed E-state index contributed by atoms with van der Waals surface area (Å²) in [6.45, 7) is 4.98. The minimum Gasteiger partial charge on any atom is -0.299 e. The Labute approximate surface area is 153 Å². The third kappa shape index (κ3) is 3.91. The Morgan fingerprint density at radius 3 is 2.60 bits per heavy atom. The van der Waals surface area contributed by atoms with E-state index in [4.69, 9.17) is 11.6 Å². The van der Waals surface area contributed by atoms with Gasteiger partial charge in [-0.1, -0.05) is 41.9 Å². The van der Waals surface area contributed by atoms with Gasteiger partial charge in [0.2, 0.25) is 6.41 Å². The van der Waals surface area contributed by atoms with Crippen molar-refractivity contribution in [3.05, 3.63) is 69.7 Å². The molecular formula is C20H21ClN2O2. The Hall–Kier alpha value is -2.17. The van der Waals surface area contributed by atoms with E-state index in [1.807, 2.05) is 31.2 Å². The molecule has 0 radical (unpaired) electrons. The lowest BCUT2D eigenvalue weighted by Crippen LogP contribution is -2.37. The third-order valence-electron chi connectivity index (χ3n) is 4.65. The van der Waals surface area contributed by atoms with Gasteiger partial charge in [-0.3, -0.25) is 19.4 Å². The number of carbonyl (C=O) groups is 2. The van der Waals surface area contributed by atoms with Crippen molar-refractivity contribution < 1.29 is 9.59 Å². The number of imide groups is 1. The first-order valence-corrected chi connectivity index (χ1v) is 8.78. The maximum Gasteiger partial charge on any atom is 0.260 e. The van der Waals surface area contributed by atoms with Crippen molar-refractivity contribution in [3.63, 3.8) is 0 Å². The molecule has 4 nitrogen and oxygen atoms in total. The smallest absolute Gasteiger partial charge is 0.260 e. The molecular weight excluding hydrogens is 336 g/mol. The van der Waals surface area contributed by atoms with Crippen LogP contribution in [0.5, 0.6) is 0 Å². The molecule has 1 fully saturated rings. The Kier molecular flexibility index (Phi) is 5.51. The quantitative estimate of drug-likeness (QED) is 0.742. The van der Waals surface area contributed by atoms with Crippen LogP contribution in [0.1, 0.15) is 33.5 Å². The molecule has 25 heavy (non-hydrogen) atoms. The molecule has 1 aliphatic rings. The molecule has 0 spiro atoms. The topological polar surface area (TPSA) is 40.6 Å². The van der Waals surface area contributed by atoms with Gasteiger partial charge in [-0.15, -0.1) is 0 Å². The maximum atomic E-state index is 12.8. The SMILES string of the molecule is Cc1ccccc1C(=O)N(C=O)Cc1c(Cl)cccc1CN1CCC1. The molecule has 130 valence electrons.